The first-order chi connectivity index (χ1) is 12.3. The summed E-state index contributed by atoms with van der Waals surface area (Å²) < 4.78 is 71.0. The van der Waals surface area contributed by atoms with Crippen LogP contribution >= 0.6 is 0 Å². The highest BCUT2D eigenvalue weighted by Gasteiger charge is 2.36. The van der Waals surface area contributed by atoms with Gasteiger partial charge in [-0.2, -0.15) is 13.2 Å². The minimum atomic E-state index is -4.51. The number of benzene rings is 2. The normalized spacial score (nSPS) is 16.9. The van der Waals surface area contributed by atoms with E-state index in [1.165, 1.54) is 4.31 Å². The Balaban J connectivity index is 1.75. The Morgan fingerprint density at radius 1 is 0.962 bits per heavy atom. The van der Waals surface area contributed by atoms with Gasteiger partial charge in [0.15, 0.2) is 0 Å². The van der Waals surface area contributed by atoms with E-state index < -0.39 is 21.8 Å². The van der Waals surface area contributed by atoms with Gasteiger partial charge in [0.1, 0.15) is 18.0 Å². The van der Waals surface area contributed by atoms with Crippen molar-refractivity contribution in [1.29, 1.82) is 0 Å². The summed E-state index contributed by atoms with van der Waals surface area (Å²) in [6.45, 7) is 1.91. The fourth-order valence-electron chi connectivity index (χ4n) is 3.27. The van der Waals surface area contributed by atoms with E-state index >= 15 is 0 Å². The zero-order valence-corrected chi connectivity index (χ0v) is 14.3. The molecule has 0 radical (unpaired) electrons. The van der Waals surface area contributed by atoms with Crippen LogP contribution in [0.1, 0.15) is 5.56 Å². The van der Waals surface area contributed by atoms with Crippen LogP contribution in [-0.2, 0) is 16.2 Å². The van der Waals surface area contributed by atoms with Crippen molar-refractivity contribution in [3.63, 3.8) is 0 Å². The van der Waals surface area contributed by atoms with Crippen LogP contribution in [0.4, 0.5) is 24.5 Å². The molecule has 0 spiro atoms. The number of para-hydroxylation sites is 1. The molecule has 0 bridgehead atoms. The Labute approximate surface area is 148 Å². The lowest BCUT2D eigenvalue weighted by Gasteiger charge is -2.41. The van der Waals surface area contributed by atoms with Crippen LogP contribution in [0.25, 0.3) is 0 Å². The average Bonchev–Trinajstić information content (AvgIpc) is 2.62. The highest BCUT2D eigenvalue weighted by atomic mass is 32.2. The molecule has 2 heterocycles. The number of anilines is 2. The molecule has 0 atom stereocenters. The van der Waals surface area contributed by atoms with E-state index in [1.807, 2.05) is 0 Å². The predicted octanol–water partition coefficient (Wildman–Crippen LogP) is 3.11. The molecule has 0 unspecified atom stereocenters. The van der Waals surface area contributed by atoms with Crippen molar-refractivity contribution in [2.75, 3.05) is 35.4 Å². The minimum Gasteiger partial charge on any atom is -0.489 e. The highest BCUT2D eigenvalue weighted by Crippen LogP contribution is 2.44. The highest BCUT2D eigenvalue weighted by molar-refractivity contribution is 7.92. The van der Waals surface area contributed by atoms with Gasteiger partial charge < -0.3 is 9.64 Å². The Bertz CT molecular complexity index is 943. The fraction of sp³-hybridized carbons (Fsp3) is 0.294. The van der Waals surface area contributed by atoms with Crippen molar-refractivity contribution in [2.24, 2.45) is 0 Å². The van der Waals surface area contributed by atoms with Gasteiger partial charge in [-0.15, -0.1) is 0 Å². The SMILES string of the molecule is O=S(=O)(c1ccc(C(F)(F)F)cc1)N1CCN2CCOc3cccc1c32. The van der Waals surface area contributed by atoms with Crippen molar-refractivity contribution in [3.8, 4) is 5.75 Å². The molecule has 0 amide bonds. The third-order valence-electron chi connectivity index (χ3n) is 4.52. The van der Waals surface area contributed by atoms with Gasteiger partial charge in [-0.3, -0.25) is 4.31 Å². The molecule has 9 heteroatoms. The summed E-state index contributed by atoms with van der Waals surface area (Å²) in [7, 11) is -3.98. The van der Waals surface area contributed by atoms with Crippen LogP contribution in [0.3, 0.4) is 0 Å². The third-order valence-corrected chi connectivity index (χ3v) is 6.35. The van der Waals surface area contributed by atoms with Gasteiger partial charge in [0, 0.05) is 6.54 Å². The summed E-state index contributed by atoms with van der Waals surface area (Å²) in [5.41, 5.74) is 0.306. The van der Waals surface area contributed by atoms with Gasteiger partial charge in [0.05, 0.1) is 29.2 Å². The molecule has 0 saturated heterocycles. The van der Waals surface area contributed by atoms with Gasteiger partial charge in [-0.25, -0.2) is 8.42 Å². The van der Waals surface area contributed by atoms with Gasteiger partial charge in [0.25, 0.3) is 10.0 Å². The minimum absolute atomic E-state index is 0.173. The third kappa shape index (κ3) is 2.66. The molecule has 138 valence electrons. The molecule has 4 rings (SSSR count). The summed E-state index contributed by atoms with van der Waals surface area (Å²) in [6.07, 6.45) is -4.51. The number of hydrogen-bond donors (Lipinski definition) is 0. The van der Waals surface area contributed by atoms with Crippen molar-refractivity contribution in [3.05, 3.63) is 48.0 Å². The standard InChI is InChI=1S/C17H15F3N2O3S/c18-17(19,20)12-4-6-13(7-5-12)26(23,24)22-9-8-21-10-11-25-15-3-1-2-14(22)16(15)21/h1-7H,8-11H2. The number of hydrogen-bond acceptors (Lipinski definition) is 4. The molecule has 2 aliphatic heterocycles. The van der Waals surface area contributed by atoms with Crippen LogP contribution in [0.5, 0.6) is 5.75 Å². The molecular weight excluding hydrogens is 369 g/mol. The van der Waals surface area contributed by atoms with Gasteiger partial charge in [0.2, 0.25) is 0 Å². The number of ether oxygens (including phenoxy) is 1. The molecule has 0 saturated carbocycles. The van der Waals surface area contributed by atoms with Crippen molar-refractivity contribution >= 4 is 21.4 Å². The van der Waals surface area contributed by atoms with Crippen LogP contribution in [0.2, 0.25) is 0 Å². The predicted molar refractivity (Wildman–Crippen MR) is 90.1 cm³/mol. The number of sulfonamides is 1. The zero-order chi connectivity index (χ0) is 18.5. The van der Waals surface area contributed by atoms with E-state index in [1.54, 1.807) is 18.2 Å². The molecule has 0 aliphatic carbocycles. The maximum Gasteiger partial charge on any atom is 0.416 e. The van der Waals surface area contributed by atoms with E-state index in [0.29, 0.717) is 36.8 Å². The van der Waals surface area contributed by atoms with Crippen molar-refractivity contribution in [2.45, 2.75) is 11.1 Å². The van der Waals surface area contributed by atoms with E-state index in [9.17, 15) is 21.6 Å². The molecule has 2 aromatic carbocycles. The Morgan fingerprint density at radius 2 is 1.69 bits per heavy atom. The van der Waals surface area contributed by atoms with Gasteiger partial charge >= 0.3 is 6.18 Å². The first-order valence-electron chi connectivity index (χ1n) is 7.99. The monoisotopic (exact) mass is 384 g/mol. The summed E-state index contributed by atoms with van der Waals surface area (Å²) in [5, 5.41) is 0. The van der Waals surface area contributed by atoms with Crippen LogP contribution in [0.15, 0.2) is 47.4 Å². The Morgan fingerprint density at radius 3 is 2.38 bits per heavy atom. The average molecular weight is 384 g/mol. The summed E-state index contributed by atoms with van der Waals surface area (Å²) in [5.74, 6) is 0.612. The second-order valence-corrected chi connectivity index (χ2v) is 7.92. The number of alkyl halides is 3. The second-order valence-electron chi connectivity index (χ2n) is 6.06. The topological polar surface area (TPSA) is 49.9 Å². The second kappa shape index (κ2) is 5.80. The number of rotatable bonds is 2. The van der Waals surface area contributed by atoms with E-state index in [0.717, 1.165) is 24.3 Å². The largest absolute Gasteiger partial charge is 0.489 e. The van der Waals surface area contributed by atoms with E-state index in [2.05, 4.69) is 4.90 Å². The zero-order valence-electron chi connectivity index (χ0n) is 13.5. The Kier molecular flexibility index (Phi) is 3.80. The van der Waals surface area contributed by atoms with Crippen molar-refractivity contribution in [1.82, 2.24) is 0 Å². The molecule has 2 aliphatic rings. The number of nitrogens with zero attached hydrogens (tertiary/aromatic N) is 2. The fourth-order valence-corrected chi connectivity index (χ4v) is 4.74. The molecule has 5 nitrogen and oxygen atoms in total. The molecular formula is C17H15F3N2O3S. The first-order valence-corrected chi connectivity index (χ1v) is 9.43. The first kappa shape index (κ1) is 17.0. The lowest BCUT2D eigenvalue weighted by molar-refractivity contribution is -0.137. The molecule has 0 N–H and O–H groups in total. The summed E-state index contributed by atoms with van der Waals surface area (Å²) in [4.78, 5) is 1.89. The van der Waals surface area contributed by atoms with E-state index in [-0.39, 0.29) is 11.4 Å². The van der Waals surface area contributed by atoms with Crippen LogP contribution < -0.4 is 13.9 Å². The van der Waals surface area contributed by atoms with Gasteiger partial charge in [-0.05, 0) is 36.4 Å². The summed E-state index contributed by atoms with van der Waals surface area (Å²) >= 11 is 0. The number of halogens is 3. The van der Waals surface area contributed by atoms with Crippen molar-refractivity contribution < 1.29 is 26.3 Å². The molecule has 26 heavy (non-hydrogen) atoms. The molecule has 2 aromatic rings. The maximum atomic E-state index is 13.0. The Hall–Kier alpha value is -2.42. The van der Waals surface area contributed by atoms with Crippen LogP contribution in [0, 0.1) is 0 Å². The smallest absolute Gasteiger partial charge is 0.416 e. The van der Waals surface area contributed by atoms with Gasteiger partial charge in [-0.1, -0.05) is 6.07 Å². The van der Waals surface area contributed by atoms with E-state index in [4.69, 9.17) is 4.74 Å². The quantitative estimate of drug-likeness (QED) is 0.798. The molecule has 0 fully saturated rings. The van der Waals surface area contributed by atoms with Crippen LogP contribution in [-0.4, -0.2) is 34.7 Å². The summed E-state index contributed by atoms with van der Waals surface area (Å²) in [6, 6.07) is 8.73. The maximum absolute atomic E-state index is 13.0. The lowest BCUT2D eigenvalue weighted by Crippen LogP contribution is -2.46. The molecule has 0 aromatic heterocycles. The lowest BCUT2D eigenvalue weighted by atomic mass is 10.1.